The highest BCUT2D eigenvalue weighted by atomic mass is 79.9. The molecule has 0 nitrogen and oxygen atoms in total. The summed E-state index contributed by atoms with van der Waals surface area (Å²) in [5.74, 6) is -0.354. The average molecular weight is 426 g/mol. The number of hydrogen-bond donors (Lipinski definition) is 0. The molecule has 1 unspecified atom stereocenters. The van der Waals surface area contributed by atoms with Gasteiger partial charge in [0.15, 0.2) is 0 Å². The summed E-state index contributed by atoms with van der Waals surface area (Å²) in [6.07, 6.45) is -3.82. The molecule has 2 aromatic carbocycles. The maximum atomic E-state index is 13.2. The Balaban J connectivity index is 2.12. The zero-order valence-electron chi connectivity index (χ0n) is 10.6. The molecule has 2 rings (SSSR count). The molecule has 1 atom stereocenters. The van der Waals surface area contributed by atoms with Gasteiger partial charge in [-0.1, -0.05) is 34.1 Å². The van der Waals surface area contributed by atoms with Gasteiger partial charge in [0, 0.05) is 4.83 Å². The summed E-state index contributed by atoms with van der Waals surface area (Å²) in [7, 11) is 0. The van der Waals surface area contributed by atoms with Crippen molar-refractivity contribution in [3.05, 3.63) is 69.4 Å². The number of hydrogen-bond acceptors (Lipinski definition) is 0. The molecular weight excluding hydrogens is 416 g/mol. The quantitative estimate of drug-likeness (QED) is 0.400. The molecule has 0 aliphatic rings. The fourth-order valence-electron chi connectivity index (χ4n) is 1.86. The van der Waals surface area contributed by atoms with Crippen molar-refractivity contribution in [2.75, 3.05) is 0 Å². The van der Waals surface area contributed by atoms with Crippen LogP contribution in [0.2, 0.25) is 0 Å². The molecule has 0 heterocycles. The molecule has 0 radical (unpaired) electrons. The first-order valence-electron chi connectivity index (χ1n) is 6.02. The molecule has 0 amide bonds. The fraction of sp³-hybridized carbons (Fsp3) is 0.200. The van der Waals surface area contributed by atoms with Crippen LogP contribution in [0.1, 0.15) is 21.5 Å². The van der Waals surface area contributed by atoms with Crippen molar-refractivity contribution in [2.45, 2.75) is 17.4 Å². The van der Waals surface area contributed by atoms with Crippen molar-refractivity contribution in [3.63, 3.8) is 0 Å². The van der Waals surface area contributed by atoms with E-state index in [0.717, 1.165) is 23.3 Å². The van der Waals surface area contributed by atoms with Crippen LogP contribution in [-0.4, -0.2) is 0 Å². The number of halogens is 6. The molecule has 0 saturated carbocycles. The second-order valence-electron chi connectivity index (χ2n) is 4.54. The monoisotopic (exact) mass is 424 g/mol. The molecule has 0 bridgehead atoms. The molecule has 112 valence electrons. The van der Waals surface area contributed by atoms with Crippen LogP contribution in [0, 0.1) is 5.82 Å². The summed E-state index contributed by atoms with van der Waals surface area (Å²) in [6, 6.07) is 9.68. The first kappa shape index (κ1) is 16.5. The smallest absolute Gasteiger partial charge is 0.206 e. The van der Waals surface area contributed by atoms with E-state index < -0.39 is 11.7 Å². The summed E-state index contributed by atoms with van der Waals surface area (Å²) in [6.45, 7) is 0. The van der Waals surface area contributed by atoms with Crippen molar-refractivity contribution < 1.29 is 17.6 Å². The van der Waals surface area contributed by atoms with E-state index in [2.05, 4.69) is 31.9 Å². The summed E-state index contributed by atoms with van der Waals surface area (Å²) in [5.41, 5.74) is 0.954. The molecule has 0 aliphatic heterocycles. The van der Waals surface area contributed by atoms with Crippen LogP contribution in [0.25, 0.3) is 0 Å². The Labute approximate surface area is 136 Å². The van der Waals surface area contributed by atoms with Crippen molar-refractivity contribution in [1.29, 1.82) is 0 Å². The zero-order chi connectivity index (χ0) is 15.6. The third kappa shape index (κ3) is 4.30. The highest BCUT2D eigenvalue weighted by Gasteiger charge is 2.29. The molecule has 2 aromatic rings. The summed E-state index contributed by atoms with van der Waals surface area (Å²) < 4.78 is 51.0. The van der Waals surface area contributed by atoms with E-state index in [0.29, 0.717) is 10.9 Å². The Hall–Kier alpha value is -0.880. The first-order chi connectivity index (χ1) is 9.77. The van der Waals surface area contributed by atoms with Crippen molar-refractivity contribution in [3.8, 4) is 0 Å². The molecule has 0 saturated heterocycles. The Bertz CT molecular complexity index is 621. The van der Waals surface area contributed by atoms with E-state index in [4.69, 9.17) is 0 Å². The van der Waals surface area contributed by atoms with Crippen LogP contribution in [-0.2, 0) is 12.6 Å². The average Bonchev–Trinajstić information content (AvgIpc) is 2.41. The minimum Gasteiger partial charge on any atom is -0.206 e. The van der Waals surface area contributed by atoms with E-state index in [9.17, 15) is 17.6 Å². The van der Waals surface area contributed by atoms with Crippen LogP contribution in [0.3, 0.4) is 0 Å². The maximum Gasteiger partial charge on any atom is 0.416 e. The molecular formula is C15H10Br2F4. The van der Waals surface area contributed by atoms with Crippen molar-refractivity contribution >= 4 is 31.9 Å². The third-order valence-corrected chi connectivity index (χ3v) is 4.46. The van der Waals surface area contributed by atoms with E-state index >= 15 is 0 Å². The lowest BCUT2D eigenvalue weighted by Gasteiger charge is -2.12. The topological polar surface area (TPSA) is 0 Å². The van der Waals surface area contributed by atoms with Crippen LogP contribution < -0.4 is 0 Å². The SMILES string of the molecule is Fc1ccc(C(Br)Cc2ccc(C(F)(F)F)cc2)cc1Br. The molecule has 6 heteroatoms. The first-order valence-corrected chi connectivity index (χ1v) is 7.73. The predicted octanol–water partition coefficient (Wildman–Crippen LogP) is 6.29. The third-order valence-electron chi connectivity index (χ3n) is 3.00. The van der Waals surface area contributed by atoms with Gasteiger partial charge in [-0.05, 0) is 57.7 Å². The van der Waals surface area contributed by atoms with E-state index in [1.54, 1.807) is 12.1 Å². The Morgan fingerprint density at radius 1 is 1.00 bits per heavy atom. The standard InChI is InChI=1S/C15H10Br2F4/c16-12(10-3-6-14(18)13(17)8-10)7-9-1-4-11(5-2-9)15(19,20)21/h1-6,8,12H,7H2. The fourth-order valence-corrected chi connectivity index (χ4v) is 2.92. The minimum atomic E-state index is -4.33. The van der Waals surface area contributed by atoms with Crippen LogP contribution in [0.15, 0.2) is 46.9 Å². The summed E-state index contributed by atoms with van der Waals surface area (Å²) in [5, 5.41) is 0. The number of alkyl halides is 4. The zero-order valence-corrected chi connectivity index (χ0v) is 13.8. The molecule has 0 N–H and O–H groups in total. The van der Waals surface area contributed by atoms with Gasteiger partial charge in [0.2, 0.25) is 0 Å². The van der Waals surface area contributed by atoms with E-state index in [-0.39, 0.29) is 10.6 Å². The lowest BCUT2D eigenvalue weighted by Crippen LogP contribution is -2.05. The van der Waals surface area contributed by atoms with Gasteiger partial charge in [0.05, 0.1) is 10.0 Å². The highest BCUT2D eigenvalue weighted by Crippen LogP contribution is 2.32. The highest BCUT2D eigenvalue weighted by molar-refractivity contribution is 9.10. The van der Waals surface area contributed by atoms with Gasteiger partial charge in [0.1, 0.15) is 5.82 Å². The minimum absolute atomic E-state index is 0.105. The van der Waals surface area contributed by atoms with Crippen molar-refractivity contribution in [2.24, 2.45) is 0 Å². The largest absolute Gasteiger partial charge is 0.416 e. The van der Waals surface area contributed by atoms with Crippen LogP contribution >= 0.6 is 31.9 Å². The van der Waals surface area contributed by atoms with Gasteiger partial charge in [-0.15, -0.1) is 0 Å². The normalized spacial score (nSPS) is 13.2. The Morgan fingerprint density at radius 3 is 2.14 bits per heavy atom. The lowest BCUT2D eigenvalue weighted by atomic mass is 10.0. The molecule has 0 aliphatic carbocycles. The molecule has 0 fully saturated rings. The second-order valence-corrected chi connectivity index (χ2v) is 6.50. The van der Waals surface area contributed by atoms with Gasteiger partial charge in [-0.2, -0.15) is 13.2 Å². The predicted molar refractivity (Wildman–Crippen MR) is 80.9 cm³/mol. The van der Waals surface area contributed by atoms with Gasteiger partial charge in [-0.3, -0.25) is 0 Å². The Morgan fingerprint density at radius 2 is 1.62 bits per heavy atom. The van der Waals surface area contributed by atoms with Crippen LogP contribution in [0.5, 0.6) is 0 Å². The number of rotatable bonds is 3. The van der Waals surface area contributed by atoms with Crippen LogP contribution in [0.4, 0.5) is 17.6 Å². The van der Waals surface area contributed by atoms with E-state index in [1.165, 1.54) is 18.2 Å². The molecule has 0 aromatic heterocycles. The Kier molecular flexibility index (Phi) is 5.09. The summed E-state index contributed by atoms with van der Waals surface area (Å²) in [4.78, 5) is -0.105. The van der Waals surface area contributed by atoms with Gasteiger partial charge in [0.25, 0.3) is 0 Å². The maximum absolute atomic E-state index is 13.2. The second kappa shape index (κ2) is 6.48. The number of benzene rings is 2. The van der Waals surface area contributed by atoms with Gasteiger partial charge in [-0.25, -0.2) is 4.39 Å². The molecule has 0 spiro atoms. The van der Waals surface area contributed by atoms with E-state index in [1.807, 2.05) is 0 Å². The van der Waals surface area contributed by atoms with Crippen molar-refractivity contribution in [1.82, 2.24) is 0 Å². The summed E-state index contributed by atoms with van der Waals surface area (Å²) >= 11 is 6.58. The van der Waals surface area contributed by atoms with Gasteiger partial charge >= 0.3 is 6.18 Å². The lowest BCUT2D eigenvalue weighted by molar-refractivity contribution is -0.137. The van der Waals surface area contributed by atoms with Gasteiger partial charge < -0.3 is 0 Å². The molecule has 21 heavy (non-hydrogen) atoms.